The third-order valence-corrected chi connectivity index (χ3v) is 6.00. The van der Waals surface area contributed by atoms with Crippen molar-refractivity contribution in [2.45, 2.75) is 32.0 Å². The molecule has 1 aliphatic heterocycles. The van der Waals surface area contributed by atoms with Crippen molar-refractivity contribution in [2.24, 2.45) is 5.92 Å². The fourth-order valence-corrected chi connectivity index (χ4v) is 4.11. The number of hydrogen-bond donors (Lipinski definition) is 1. The summed E-state index contributed by atoms with van der Waals surface area (Å²) >= 11 is 1.65. The first-order chi connectivity index (χ1) is 16.8. The van der Waals surface area contributed by atoms with Gasteiger partial charge >= 0.3 is 6.18 Å². The molecular weight excluding hydrogens is 571 g/mol. The van der Waals surface area contributed by atoms with Gasteiger partial charge in [-0.3, -0.25) is 9.78 Å². The van der Waals surface area contributed by atoms with E-state index in [1.54, 1.807) is 52.8 Å². The Labute approximate surface area is 216 Å². The summed E-state index contributed by atoms with van der Waals surface area (Å²) in [6.45, 7) is 2.36. The molecule has 0 bridgehead atoms. The van der Waals surface area contributed by atoms with Crippen molar-refractivity contribution in [2.75, 3.05) is 25.1 Å². The normalized spacial score (nSPS) is 15.2. The number of alkyl halides is 3. The first-order valence-corrected chi connectivity index (χ1v) is 12.2. The van der Waals surface area contributed by atoms with Gasteiger partial charge in [-0.25, -0.2) is 0 Å². The molecule has 2 aromatic heterocycles. The Morgan fingerprint density at radius 2 is 1.91 bits per heavy atom. The van der Waals surface area contributed by atoms with Crippen LogP contribution in [0.4, 0.5) is 19.0 Å². The Balaban J connectivity index is 0.00000167. The number of nitrogens with zero attached hydrogens (tertiary/aromatic N) is 3. The quantitative estimate of drug-likeness (QED) is 0.315. The zero-order valence-corrected chi connectivity index (χ0v) is 21.5. The van der Waals surface area contributed by atoms with Gasteiger partial charge in [0.2, 0.25) is 5.88 Å². The van der Waals surface area contributed by atoms with E-state index in [0.717, 1.165) is 16.5 Å². The lowest BCUT2D eigenvalue weighted by Gasteiger charge is -2.34. The van der Waals surface area contributed by atoms with E-state index >= 15 is 0 Å². The number of carbonyl (C=O) groups is 1. The lowest BCUT2D eigenvalue weighted by Crippen LogP contribution is -2.39. The number of halogens is 4. The van der Waals surface area contributed by atoms with Crippen LogP contribution in [0, 0.1) is 5.92 Å². The van der Waals surface area contributed by atoms with Crippen molar-refractivity contribution in [3.05, 3.63) is 59.9 Å². The molecule has 1 amide bonds. The molecule has 1 N–H and O–H groups in total. The average molecular weight is 596 g/mol. The molecule has 1 aromatic carbocycles. The van der Waals surface area contributed by atoms with E-state index in [1.807, 2.05) is 30.0 Å². The molecule has 1 saturated heterocycles. The zero-order valence-electron chi connectivity index (χ0n) is 19.3. The Bertz CT molecular complexity index is 1140. The van der Waals surface area contributed by atoms with Gasteiger partial charge in [-0.15, -0.1) is 0 Å². The molecule has 0 saturated carbocycles. The molecule has 35 heavy (non-hydrogen) atoms. The second kappa shape index (κ2) is 11.9. The first-order valence-electron chi connectivity index (χ1n) is 11.0. The summed E-state index contributed by atoms with van der Waals surface area (Å²) in [6, 6.07) is 12.2. The largest absolute Gasteiger partial charge is 0.481 e. The van der Waals surface area contributed by atoms with Crippen LogP contribution < -0.4 is 15.0 Å². The van der Waals surface area contributed by atoms with Crippen LogP contribution in [0.3, 0.4) is 0 Å². The van der Waals surface area contributed by atoms with Gasteiger partial charge in [-0.05, 0) is 55.5 Å². The van der Waals surface area contributed by atoms with Gasteiger partial charge in [0.15, 0.2) is 5.70 Å². The second-order valence-corrected chi connectivity index (χ2v) is 8.18. The summed E-state index contributed by atoms with van der Waals surface area (Å²) in [5.41, 5.74) is 5.68. The van der Waals surface area contributed by atoms with Gasteiger partial charge in [0.1, 0.15) is 5.82 Å². The average Bonchev–Trinajstić information content (AvgIpc) is 2.88. The highest BCUT2D eigenvalue weighted by atomic mass is 127. The van der Waals surface area contributed by atoms with Crippen LogP contribution in [0.2, 0.25) is 0 Å². The highest BCUT2D eigenvalue weighted by Gasteiger charge is 2.41. The SMILES string of the molecule is COc1cc2cc(C(=O)NC(C)c3ccccn3)ccc2c(N2CCC(C(F)(F)F)CC2)n1.[B]I. The summed E-state index contributed by atoms with van der Waals surface area (Å²) in [6.07, 6.45) is -2.46. The number of carbonyl (C=O) groups excluding carboxylic acids is 1. The van der Waals surface area contributed by atoms with E-state index in [9.17, 15) is 18.0 Å². The molecule has 1 fully saturated rings. The van der Waals surface area contributed by atoms with Gasteiger partial charge in [0, 0.05) is 36.3 Å². The van der Waals surface area contributed by atoms with Crippen molar-refractivity contribution in [1.82, 2.24) is 15.3 Å². The van der Waals surface area contributed by atoms with Crippen LogP contribution in [0.25, 0.3) is 10.8 Å². The van der Waals surface area contributed by atoms with Gasteiger partial charge in [-0.1, -0.05) is 6.07 Å². The monoisotopic (exact) mass is 596 g/mol. The first kappa shape index (κ1) is 27.0. The molecule has 1 unspecified atom stereocenters. The Morgan fingerprint density at radius 1 is 1.20 bits per heavy atom. The molecule has 6 nitrogen and oxygen atoms in total. The van der Waals surface area contributed by atoms with Gasteiger partial charge in [-0.2, -0.15) is 40.5 Å². The van der Waals surface area contributed by atoms with Crippen LogP contribution in [0.5, 0.6) is 5.88 Å². The van der Waals surface area contributed by atoms with E-state index in [2.05, 4.69) is 21.0 Å². The van der Waals surface area contributed by atoms with E-state index in [1.165, 1.54) is 7.11 Å². The minimum absolute atomic E-state index is 0.0236. The third kappa shape index (κ3) is 6.56. The fourth-order valence-electron chi connectivity index (χ4n) is 4.11. The van der Waals surface area contributed by atoms with Crippen molar-refractivity contribution in [3.8, 4) is 5.88 Å². The number of amides is 1. The number of ether oxygens (including phenoxy) is 1. The predicted octanol–water partition coefficient (Wildman–Crippen LogP) is 5.41. The molecule has 0 aliphatic carbocycles. The van der Waals surface area contributed by atoms with Crippen LogP contribution in [0.1, 0.15) is 41.9 Å². The molecule has 11 heteroatoms. The predicted molar refractivity (Wildman–Crippen MR) is 139 cm³/mol. The number of methoxy groups -OCH3 is 1. The number of pyridine rings is 2. The number of fused-ring (bicyclic) bond motifs is 1. The van der Waals surface area contributed by atoms with Crippen molar-refractivity contribution in [3.63, 3.8) is 0 Å². The minimum atomic E-state index is -4.18. The minimum Gasteiger partial charge on any atom is -0.481 e. The molecule has 3 aromatic rings. The summed E-state index contributed by atoms with van der Waals surface area (Å²) in [7, 11) is 1.49. The fraction of sp³-hybridized carbons (Fsp3) is 0.375. The third-order valence-electron chi connectivity index (χ3n) is 6.00. The Morgan fingerprint density at radius 3 is 2.51 bits per heavy atom. The van der Waals surface area contributed by atoms with Crippen molar-refractivity contribution >= 4 is 50.6 Å². The Kier molecular flexibility index (Phi) is 9.20. The van der Waals surface area contributed by atoms with Crippen LogP contribution in [-0.4, -0.2) is 48.0 Å². The van der Waals surface area contributed by atoms with Gasteiger partial charge in [0.05, 0.1) is 24.8 Å². The number of anilines is 1. The zero-order chi connectivity index (χ0) is 25.6. The van der Waals surface area contributed by atoms with Crippen molar-refractivity contribution in [1.29, 1.82) is 0 Å². The van der Waals surface area contributed by atoms with Gasteiger partial charge in [0.25, 0.3) is 5.91 Å². The highest BCUT2D eigenvalue weighted by Crippen LogP contribution is 2.37. The standard InChI is InChI=1S/C24H25F3N4O2.BI/c1-15(20-5-3-4-10-28-20)29-23(32)16-6-7-19-17(13-16)14-21(33-2)30-22(19)31-11-8-18(9-12-31)24(25,26)27;1-2/h3-7,10,13-15,18H,8-9,11-12H2,1-2H3,(H,29,32);. The lowest BCUT2D eigenvalue weighted by atomic mass is 9.96. The number of hydrogen-bond acceptors (Lipinski definition) is 5. The number of piperidine rings is 1. The number of nitrogens with one attached hydrogen (secondary N) is 1. The lowest BCUT2D eigenvalue weighted by molar-refractivity contribution is -0.179. The number of aromatic nitrogens is 2. The molecule has 4 rings (SSSR count). The molecule has 184 valence electrons. The second-order valence-electron chi connectivity index (χ2n) is 8.18. The van der Waals surface area contributed by atoms with E-state index in [4.69, 9.17) is 4.74 Å². The molecule has 3 heterocycles. The van der Waals surface area contributed by atoms with Crippen LogP contribution in [-0.2, 0) is 0 Å². The van der Waals surface area contributed by atoms with Gasteiger partial charge < -0.3 is 15.0 Å². The summed E-state index contributed by atoms with van der Waals surface area (Å²) in [5.74, 6) is -0.631. The summed E-state index contributed by atoms with van der Waals surface area (Å²) in [4.78, 5) is 23.5. The molecule has 1 aliphatic rings. The topological polar surface area (TPSA) is 67.3 Å². The Hall–Kier alpha value is -2.57. The summed E-state index contributed by atoms with van der Waals surface area (Å²) in [5, 5.41) is 4.43. The smallest absolute Gasteiger partial charge is 0.391 e. The number of benzene rings is 1. The summed E-state index contributed by atoms with van der Waals surface area (Å²) < 4.78 is 44.5. The van der Waals surface area contributed by atoms with Crippen LogP contribution >= 0.6 is 22.4 Å². The van der Waals surface area contributed by atoms with Crippen molar-refractivity contribution < 1.29 is 22.7 Å². The molecular formula is C24H25BF3IN4O2. The van der Waals surface area contributed by atoms with E-state index in [-0.39, 0.29) is 37.9 Å². The molecule has 2 radical (unpaired) electrons. The van der Waals surface area contributed by atoms with Crippen LogP contribution in [0.15, 0.2) is 48.7 Å². The van der Waals surface area contributed by atoms with E-state index < -0.39 is 12.1 Å². The highest BCUT2D eigenvalue weighted by molar-refractivity contribution is 14.1. The maximum atomic E-state index is 13.1. The molecule has 0 spiro atoms. The maximum Gasteiger partial charge on any atom is 0.391 e. The maximum absolute atomic E-state index is 13.1. The van der Waals surface area contributed by atoms with E-state index in [0.29, 0.717) is 17.3 Å². The number of rotatable bonds is 5. The molecule has 1 atom stereocenters.